The van der Waals surface area contributed by atoms with Crippen LogP contribution in [0.5, 0.6) is 5.75 Å². The van der Waals surface area contributed by atoms with Gasteiger partial charge in [-0.25, -0.2) is 0 Å². The van der Waals surface area contributed by atoms with Crippen LogP contribution in [0.1, 0.15) is 15.9 Å². The van der Waals surface area contributed by atoms with E-state index in [1.165, 1.54) is 4.57 Å². The van der Waals surface area contributed by atoms with Gasteiger partial charge in [-0.15, -0.1) is 0 Å². The standard InChI is InChI=1S/C23H19N3O3S/c1-29-18-10-7-15(8-11-18)14-24-21(27)16-9-12-19-20(13-16)25-23(30)26(22(19)28)17-5-3-2-4-6-17/h2-13H,14H2,1H3,(H,24,27)(H,25,30). The molecule has 4 aromatic rings. The maximum atomic E-state index is 13.0. The third kappa shape index (κ3) is 3.88. The fourth-order valence-corrected chi connectivity index (χ4v) is 3.50. The summed E-state index contributed by atoms with van der Waals surface area (Å²) >= 11 is 5.39. The van der Waals surface area contributed by atoms with Crippen LogP contribution in [-0.2, 0) is 6.54 Å². The van der Waals surface area contributed by atoms with E-state index in [1.807, 2.05) is 54.6 Å². The predicted octanol–water partition coefficient (Wildman–Crippen LogP) is 3.99. The number of aromatic amines is 1. The van der Waals surface area contributed by atoms with Crippen molar-refractivity contribution in [2.45, 2.75) is 6.54 Å². The number of ether oxygens (including phenoxy) is 1. The monoisotopic (exact) mass is 417 g/mol. The summed E-state index contributed by atoms with van der Waals surface area (Å²) < 4.78 is 6.85. The Balaban J connectivity index is 1.61. The van der Waals surface area contributed by atoms with Crippen molar-refractivity contribution in [3.05, 3.63) is 99.0 Å². The van der Waals surface area contributed by atoms with Crippen LogP contribution in [0.2, 0.25) is 0 Å². The van der Waals surface area contributed by atoms with Gasteiger partial charge in [-0.1, -0.05) is 30.3 Å². The average molecular weight is 417 g/mol. The van der Waals surface area contributed by atoms with Crippen molar-refractivity contribution in [2.24, 2.45) is 0 Å². The zero-order chi connectivity index (χ0) is 21.1. The van der Waals surface area contributed by atoms with Crippen LogP contribution in [0.25, 0.3) is 16.6 Å². The third-order valence-electron chi connectivity index (χ3n) is 4.79. The highest BCUT2D eigenvalue weighted by Gasteiger charge is 2.11. The summed E-state index contributed by atoms with van der Waals surface area (Å²) in [7, 11) is 1.61. The van der Waals surface area contributed by atoms with Crippen molar-refractivity contribution < 1.29 is 9.53 Å². The van der Waals surface area contributed by atoms with E-state index in [-0.39, 0.29) is 16.2 Å². The summed E-state index contributed by atoms with van der Waals surface area (Å²) in [5, 5.41) is 3.34. The van der Waals surface area contributed by atoms with Crippen LogP contribution < -0.4 is 15.6 Å². The number of fused-ring (bicyclic) bond motifs is 1. The summed E-state index contributed by atoms with van der Waals surface area (Å²) in [6.45, 7) is 0.381. The second-order valence-electron chi connectivity index (χ2n) is 6.70. The van der Waals surface area contributed by atoms with E-state index in [9.17, 15) is 9.59 Å². The third-order valence-corrected chi connectivity index (χ3v) is 5.07. The number of nitrogens with one attached hydrogen (secondary N) is 2. The number of rotatable bonds is 5. The number of aromatic nitrogens is 2. The van der Waals surface area contributed by atoms with Gasteiger partial charge in [-0.2, -0.15) is 0 Å². The Hall–Kier alpha value is -3.71. The molecule has 0 atom stereocenters. The van der Waals surface area contributed by atoms with Crippen LogP contribution >= 0.6 is 12.2 Å². The van der Waals surface area contributed by atoms with Crippen molar-refractivity contribution in [3.63, 3.8) is 0 Å². The first-order chi connectivity index (χ1) is 14.6. The highest BCUT2D eigenvalue weighted by molar-refractivity contribution is 7.71. The molecule has 0 saturated carbocycles. The molecular weight excluding hydrogens is 398 g/mol. The molecule has 30 heavy (non-hydrogen) atoms. The summed E-state index contributed by atoms with van der Waals surface area (Å²) in [5.41, 5.74) is 2.37. The fourth-order valence-electron chi connectivity index (χ4n) is 3.20. The molecule has 3 aromatic carbocycles. The number of carbonyl (C=O) groups is 1. The zero-order valence-electron chi connectivity index (χ0n) is 16.2. The molecule has 7 heteroatoms. The number of carbonyl (C=O) groups excluding carboxylic acids is 1. The molecule has 0 radical (unpaired) electrons. The molecule has 1 heterocycles. The maximum Gasteiger partial charge on any atom is 0.266 e. The Bertz CT molecular complexity index is 1330. The van der Waals surface area contributed by atoms with E-state index in [1.54, 1.807) is 25.3 Å². The minimum absolute atomic E-state index is 0.231. The summed E-state index contributed by atoms with van der Waals surface area (Å²) in [6, 6.07) is 21.6. The van der Waals surface area contributed by atoms with Crippen molar-refractivity contribution in [2.75, 3.05) is 7.11 Å². The summed E-state index contributed by atoms with van der Waals surface area (Å²) in [4.78, 5) is 28.6. The normalized spacial score (nSPS) is 10.7. The summed E-state index contributed by atoms with van der Waals surface area (Å²) in [6.07, 6.45) is 0. The molecular formula is C23H19N3O3S. The smallest absolute Gasteiger partial charge is 0.266 e. The molecule has 0 aliphatic carbocycles. The highest BCUT2D eigenvalue weighted by atomic mass is 32.1. The van der Waals surface area contributed by atoms with Crippen molar-refractivity contribution in [3.8, 4) is 11.4 Å². The van der Waals surface area contributed by atoms with Gasteiger partial charge in [-0.05, 0) is 60.2 Å². The van der Waals surface area contributed by atoms with Gasteiger partial charge in [0.25, 0.3) is 11.5 Å². The van der Waals surface area contributed by atoms with E-state index in [0.29, 0.717) is 28.7 Å². The van der Waals surface area contributed by atoms with Crippen LogP contribution in [0.4, 0.5) is 0 Å². The van der Waals surface area contributed by atoms with E-state index in [2.05, 4.69) is 10.3 Å². The zero-order valence-corrected chi connectivity index (χ0v) is 17.0. The first kappa shape index (κ1) is 19.6. The van der Waals surface area contributed by atoms with Crippen molar-refractivity contribution >= 4 is 29.0 Å². The first-order valence-corrected chi connectivity index (χ1v) is 9.73. The highest BCUT2D eigenvalue weighted by Crippen LogP contribution is 2.14. The molecule has 1 amide bonds. The first-order valence-electron chi connectivity index (χ1n) is 9.32. The lowest BCUT2D eigenvalue weighted by Gasteiger charge is -2.10. The number of nitrogens with zero attached hydrogens (tertiary/aromatic N) is 1. The van der Waals surface area contributed by atoms with Crippen LogP contribution in [0.3, 0.4) is 0 Å². The predicted molar refractivity (Wildman–Crippen MR) is 119 cm³/mol. The van der Waals surface area contributed by atoms with Gasteiger partial charge in [0.15, 0.2) is 4.77 Å². The van der Waals surface area contributed by atoms with Gasteiger partial charge in [0.1, 0.15) is 5.75 Å². The quantitative estimate of drug-likeness (QED) is 0.482. The van der Waals surface area contributed by atoms with E-state index >= 15 is 0 Å². The number of H-pyrrole nitrogens is 1. The van der Waals surface area contributed by atoms with Crippen molar-refractivity contribution in [1.29, 1.82) is 0 Å². The number of benzene rings is 3. The van der Waals surface area contributed by atoms with E-state index in [0.717, 1.165) is 11.3 Å². The molecule has 0 aliphatic heterocycles. The van der Waals surface area contributed by atoms with E-state index < -0.39 is 0 Å². The molecule has 0 bridgehead atoms. The molecule has 150 valence electrons. The Kier molecular flexibility index (Phi) is 5.45. The maximum absolute atomic E-state index is 13.0. The lowest BCUT2D eigenvalue weighted by Crippen LogP contribution is -2.24. The fraction of sp³-hybridized carbons (Fsp3) is 0.0870. The minimum atomic E-state index is -0.237. The Morgan fingerprint density at radius 3 is 2.50 bits per heavy atom. The van der Waals surface area contributed by atoms with Crippen molar-refractivity contribution in [1.82, 2.24) is 14.9 Å². The molecule has 0 spiro atoms. The van der Waals surface area contributed by atoms with Gasteiger partial charge < -0.3 is 15.0 Å². The largest absolute Gasteiger partial charge is 0.497 e. The number of hydrogen-bond acceptors (Lipinski definition) is 4. The number of amides is 1. The molecule has 2 N–H and O–H groups in total. The van der Waals surface area contributed by atoms with E-state index in [4.69, 9.17) is 17.0 Å². The van der Waals surface area contributed by atoms with Gasteiger partial charge in [-0.3, -0.25) is 14.2 Å². The van der Waals surface area contributed by atoms with Crippen LogP contribution in [-0.4, -0.2) is 22.6 Å². The number of methoxy groups -OCH3 is 1. The van der Waals surface area contributed by atoms with Crippen LogP contribution in [0.15, 0.2) is 77.6 Å². The Morgan fingerprint density at radius 2 is 1.80 bits per heavy atom. The summed E-state index contributed by atoms with van der Waals surface area (Å²) in [5.74, 6) is 0.523. The second kappa shape index (κ2) is 8.34. The topological polar surface area (TPSA) is 76.1 Å². The molecule has 0 saturated heterocycles. The van der Waals surface area contributed by atoms with Gasteiger partial charge >= 0.3 is 0 Å². The SMILES string of the molecule is COc1ccc(CNC(=O)c2ccc3c(=O)n(-c4ccccc4)c(=S)[nH]c3c2)cc1. The van der Waals surface area contributed by atoms with Gasteiger partial charge in [0.05, 0.1) is 23.7 Å². The molecule has 6 nitrogen and oxygen atoms in total. The molecule has 0 unspecified atom stereocenters. The Labute approximate surface area is 177 Å². The lowest BCUT2D eigenvalue weighted by atomic mass is 10.1. The molecule has 0 aliphatic rings. The lowest BCUT2D eigenvalue weighted by molar-refractivity contribution is 0.0951. The number of para-hydroxylation sites is 1. The van der Waals surface area contributed by atoms with Gasteiger partial charge in [0, 0.05) is 12.1 Å². The Morgan fingerprint density at radius 1 is 1.07 bits per heavy atom. The second-order valence-corrected chi connectivity index (χ2v) is 7.08. The van der Waals surface area contributed by atoms with Crippen LogP contribution in [0, 0.1) is 4.77 Å². The molecule has 4 rings (SSSR count). The molecule has 0 fully saturated rings. The van der Waals surface area contributed by atoms with Gasteiger partial charge in [0.2, 0.25) is 0 Å². The minimum Gasteiger partial charge on any atom is -0.497 e. The average Bonchev–Trinajstić information content (AvgIpc) is 2.78. The molecule has 1 aromatic heterocycles. The number of hydrogen-bond donors (Lipinski definition) is 2.